The van der Waals surface area contributed by atoms with Crippen molar-refractivity contribution in [3.05, 3.63) is 18.2 Å². The molecular weight excluding hydrogens is 311 g/mol. The van der Waals surface area contributed by atoms with Crippen LogP contribution >= 0.6 is 0 Å². The van der Waals surface area contributed by atoms with Crippen molar-refractivity contribution >= 4 is 15.7 Å². The van der Waals surface area contributed by atoms with E-state index >= 15 is 0 Å². The molecule has 0 aromatic heterocycles. The Morgan fingerprint density at radius 3 is 2.15 bits per heavy atom. The molecule has 0 radical (unpaired) electrons. The van der Waals surface area contributed by atoms with E-state index in [1.165, 1.54) is 0 Å². The number of hydrogen-bond acceptors (Lipinski definition) is 4. The van der Waals surface area contributed by atoms with Crippen molar-refractivity contribution in [1.82, 2.24) is 0 Å². The van der Waals surface area contributed by atoms with Gasteiger partial charge < -0.3 is 10.5 Å². The zero-order valence-corrected chi connectivity index (χ0v) is 10.4. The monoisotopic (exact) mass is 320 g/mol. The molecule has 0 saturated heterocycles. The average Bonchev–Trinajstić information content (AvgIpc) is 2.24. The Balaban J connectivity index is 3.06. The van der Waals surface area contributed by atoms with Crippen molar-refractivity contribution in [3.8, 4) is 5.75 Å². The van der Waals surface area contributed by atoms with E-state index in [0.29, 0.717) is 0 Å². The highest BCUT2D eigenvalue weighted by Crippen LogP contribution is 2.36. The van der Waals surface area contributed by atoms with E-state index in [9.17, 15) is 30.4 Å². The topological polar surface area (TPSA) is 95.4 Å². The molecule has 20 heavy (non-hydrogen) atoms. The number of rotatable bonds is 4. The Labute approximate surface area is 110 Å². The van der Waals surface area contributed by atoms with Crippen LogP contribution < -0.4 is 15.6 Å². The molecule has 0 heterocycles. The van der Waals surface area contributed by atoms with Crippen LogP contribution in [0.3, 0.4) is 0 Å². The molecule has 0 amide bonds. The molecule has 11 heteroatoms. The van der Waals surface area contributed by atoms with Crippen molar-refractivity contribution in [2.24, 2.45) is 5.14 Å². The van der Waals surface area contributed by atoms with E-state index in [1.54, 1.807) is 0 Å². The predicted molar refractivity (Wildman–Crippen MR) is 58.7 cm³/mol. The zero-order chi connectivity index (χ0) is 15.8. The molecule has 0 fully saturated rings. The molecule has 1 aromatic carbocycles. The van der Waals surface area contributed by atoms with Gasteiger partial charge >= 0.3 is 12.1 Å². The van der Waals surface area contributed by atoms with E-state index in [-0.39, 0.29) is 5.69 Å². The van der Waals surface area contributed by atoms with Crippen LogP contribution in [0.2, 0.25) is 0 Å². The van der Waals surface area contributed by atoms with Crippen molar-refractivity contribution in [1.29, 1.82) is 0 Å². The standard InChI is InChI=1S/C9H9F5N2O3S/c10-8(11,9(12,13)14)4-19-6-2-1-5(15)3-7(6)20(16,17)18/h1-3H,4,15H2,(H2,16,17,18). The molecule has 0 atom stereocenters. The molecule has 4 N–H and O–H groups in total. The van der Waals surface area contributed by atoms with Gasteiger partial charge in [0.1, 0.15) is 10.6 Å². The Hall–Kier alpha value is -1.62. The van der Waals surface area contributed by atoms with Crippen molar-refractivity contribution in [3.63, 3.8) is 0 Å². The first-order valence-corrected chi connectivity index (χ1v) is 6.39. The third-order valence-electron chi connectivity index (χ3n) is 2.10. The maximum Gasteiger partial charge on any atom is 0.456 e. The molecule has 1 aromatic rings. The molecule has 0 aliphatic carbocycles. The number of hydrogen-bond donors (Lipinski definition) is 2. The van der Waals surface area contributed by atoms with Gasteiger partial charge in [-0.3, -0.25) is 0 Å². The van der Waals surface area contributed by atoms with Crippen LogP contribution in [0, 0.1) is 0 Å². The minimum atomic E-state index is -5.82. The summed E-state index contributed by atoms with van der Waals surface area (Å²) in [6.45, 7) is -2.08. The number of anilines is 1. The number of halogens is 5. The summed E-state index contributed by atoms with van der Waals surface area (Å²) in [5.74, 6) is -5.88. The zero-order valence-electron chi connectivity index (χ0n) is 9.62. The molecule has 0 aliphatic heterocycles. The molecular formula is C9H9F5N2O3S. The summed E-state index contributed by atoms with van der Waals surface area (Å²) in [5.41, 5.74) is 5.19. The summed E-state index contributed by atoms with van der Waals surface area (Å²) in [6, 6.07) is 2.69. The number of nitrogens with two attached hydrogens (primary N) is 2. The van der Waals surface area contributed by atoms with Gasteiger partial charge in [0.25, 0.3) is 0 Å². The maximum atomic E-state index is 12.7. The quantitative estimate of drug-likeness (QED) is 0.649. The number of primary sulfonamides is 1. The smallest absolute Gasteiger partial charge is 0.456 e. The lowest BCUT2D eigenvalue weighted by Crippen LogP contribution is -2.41. The van der Waals surface area contributed by atoms with Gasteiger partial charge in [-0.05, 0) is 18.2 Å². The van der Waals surface area contributed by atoms with Crippen LogP contribution in [0.15, 0.2) is 23.1 Å². The second kappa shape index (κ2) is 5.05. The lowest BCUT2D eigenvalue weighted by molar-refractivity contribution is -0.290. The van der Waals surface area contributed by atoms with Crippen LogP contribution in [-0.4, -0.2) is 27.1 Å². The fraction of sp³-hybridized carbons (Fsp3) is 0.333. The first-order chi connectivity index (χ1) is 8.84. The highest BCUT2D eigenvalue weighted by Gasteiger charge is 2.58. The fourth-order valence-electron chi connectivity index (χ4n) is 1.12. The van der Waals surface area contributed by atoms with Gasteiger partial charge in [0.05, 0.1) is 0 Å². The number of alkyl halides is 5. The highest BCUT2D eigenvalue weighted by atomic mass is 32.2. The molecule has 0 bridgehead atoms. The van der Waals surface area contributed by atoms with Crippen molar-refractivity contribution < 1.29 is 35.1 Å². The number of benzene rings is 1. The van der Waals surface area contributed by atoms with Gasteiger partial charge in [-0.1, -0.05) is 0 Å². The molecule has 0 saturated carbocycles. The van der Waals surface area contributed by atoms with Gasteiger partial charge in [0.2, 0.25) is 10.0 Å². The predicted octanol–water partition coefficient (Wildman–Crippen LogP) is 1.49. The third-order valence-corrected chi connectivity index (χ3v) is 3.03. The van der Waals surface area contributed by atoms with E-state index < -0.39 is 39.4 Å². The van der Waals surface area contributed by atoms with E-state index in [1.807, 2.05) is 0 Å². The maximum absolute atomic E-state index is 12.7. The summed E-state index contributed by atoms with van der Waals surface area (Å²) >= 11 is 0. The first-order valence-electron chi connectivity index (χ1n) is 4.84. The Morgan fingerprint density at radius 2 is 1.70 bits per heavy atom. The van der Waals surface area contributed by atoms with Crippen molar-refractivity contribution in [2.75, 3.05) is 12.3 Å². The first kappa shape index (κ1) is 16.4. The second-order valence-electron chi connectivity index (χ2n) is 3.74. The number of ether oxygens (including phenoxy) is 1. The number of nitrogen functional groups attached to an aromatic ring is 1. The second-order valence-corrected chi connectivity index (χ2v) is 5.27. The fourth-order valence-corrected chi connectivity index (χ4v) is 1.82. The van der Waals surface area contributed by atoms with Gasteiger partial charge in [-0.25, -0.2) is 13.6 Å². The summed E-state index contributed by atoms with van der Waals surface area (Å²) in [4.78, 5) is -0.782. The summed E-state index contributed by atoms with van der Waals surface area (Å²) in [5, 5.41) is 4.78. The number of sulfonamides is 1. The summed E-state index contributed by atoms with van der Waals surface area (Å²) in [7, 11) is -4.39. The van der Waals surface area contributed by atoms with E-state index in [2.05, 4.69) is 4.74 Å². The normalized spacial score (nSPS) is 13.3. The lowest BCUT2D eigenvalue weighted by atomic mass is 10.3. The van der Waals surface area contributed by atoms with Gasteiger partial charge in [0, 0.05) is 5.69 Å². The SMILES string of the molecule is Nc1ccc(OCC(F)(F)C(F)(F)F)c(S(N)(=O)=O)c1. The average molecular weight is 320 g/mol. The molecule has 1 rings (SSSR count). The third kappa shape index (κ3) is 3.70. The van der Waals surface area contributed by atoms with Gasteiger partial charge in [-0.2, -0.15) is 22.0 Å². The summed E-state index contributed by atoms with van der Waals surface area (Å²) < 4.78 is 87.7. The van der Waals surface area contributed by atoms with E-state index in [0.717, 1.165) is 18.2 Å². The highest BCUT2D eigenvalue weighted by molar-refractivity contribution is 7.89. The summed E-state index contributed by atoms with van der Waals surface area (Å²) in [6.07, 6.45) is -5.82. The minimum Gasteiger partial charge on any atom is -0.485 e. The molecule has 114 valence electrons. The van der Waals surface area contributed by atoms with Crippen molar-refractivity contribution in [2.45, 2.75) is 17.0 Å². The van der Waals surface area contributed by atoms with Crippen LogP contribution in [-0.2, 0) is 10.0 Å². The van der Waals surface area contributed by atoms with Gasteiger partial charge in [0.15, 0.2) is 6.61 Å². The minimum absolute atomic E-state index is 0.0797. The van der Waals surface area contributed by atoms with E-state index in [4.69, 9.17) is 10.9 Å². The van der Waals surface area contributed by atoms with Crippen LogP contribution in [0.5, 0.6) is 5.75 Å². The van der Waals surface area contributed by atoms with Crippen LogP contribution in [0.25, 0.3) is 0 Å². The largest absolute Gasteiger partial charge is 0.485 e. The molecule has 5 nitrogen and oxygen atoms in total. The van der Waals surface area contributed by atoms with Gasteiger partial charge in [-0.15, -0.1) is 0 Å². The Bertz CT molecular complexity index is 600. The van der Waals surface area contributed by atoms with Crippen LogP contribution in [0.1, 0.15) is 0 Å². The molecule has 0 spiro atoms. The molecule has 0 aliphatic rings. The lowest BCUT2D eigenvalue weighted by Gasteiger charge is -2.20. The Morgan fingerprint density at radius 1 is 1.15 bits per heavy atom. The van der Waals surface area contributed by atoms with Crippen LogP contribution in [0.4, 0.5) is 27.6 Å². The molecule has 0 unspecified atom stereocenters. The Kier molecular flexibility index (Phi) is 4.15.